The third-order valence-electron chi connectivity index (χ3n) is 4.28. The van der Waals surface area contributed by atoms with Crippen LogP contribution in [0.4, 0.5) is 26.0 Å². The normalized spacial score (nSPS) is 10.9. The van der Waals surface area contributed by atoms with Crippen LogP contribution >= 0.6 is 0 Å². The maximum absolute atomic E-state index is 13.7. The molecule has 2 N–H and O–H groups in total. The van der Waals surface area contributed by atoms with Crippen LogP contribution in [0, 0.1) is 18.6 Å². The van der Waals surface area contributed by atoms with Crippen LogP contribution in [0.2, 0.25) is 0 Å². The van der Waals surface area contributed by atoms with E-state index in [1.165, 1.54) is 10.6 Å². The maximum atomic E-state index is 13.7. The zero-order valence-electron chi connectivity index (χ0n) is 15.8. The maximum Gasteiger partial charge on any atom is 0.352 e. The molecule has 0 saturated carbocycles. The van der Waals surface area contributed by atoms with Gasteiger partial charge in [0, 0.05) is 18.0 Å². The summed E-state index contributed by atoms with van der Waals surface area (Å²) in [7, 11) is 0. The fraction of sp³-hybridized carbons (Fsp3) is 0.100. The number of carbonyl (C=O) groups excluding carboxylic acids is 1. The summed E-state index contributed by atoms with van der Waals surface area (Å²) in [5.74, 6) is -1.80. The van der Waals surface area contributed by atoms with E-state index in [4.69, 9.17) is 0 Å². The van der Waals surface area contributed by atoms with Gasteiger partial charge in [0.25, 0.3) is 5.78 Å². The van der Waals surface area contributed by atoms with Crippen LogP contribution in [0.5, 0.6) is 0 Å². The minimum Gasteiger partial charge on any atom is -0.340 e. The number of aromatic nitrogens is 4. The Hall–Kier alpha value is -4.08. The number of hydrogen-bond donors (Lipinski definition) is 2. The Morgan fingerprint density at radius 3 is 2.60 bits per heavy atom. The first-order valence-electron chi connectivity index (χ1n) is 8.94. The summed E-state index contributed by atoms with van der Waals surface area (Å²) in [6.45, 7) is 1.52. The van der Waals surface area contributed by atoms with Gasteiger partial charge >= 0.3 is 5.69 Å². The largest absolute Gasteiger partial charge is 0.352 e. The number of anilines is 3. The van der Waals surface area contributed by atoms with Crippen molar-refractivity contribution in [3.05, 3.63) is 82.4 Å². The minimum atomic E-state index is -0.917. The number of rotatable bonds is 5. The predicted molar refractivity (Wildman–Crippen MR) is 107 cm³/mol. The highest BCUT2D eigenvalue weighted by atomic mass is 19.1. The Labute approximate surface area is 168 Å². The molecule has 1 amide bonds. The lowest BCUT2D eigenvalue weighted by Crippen LogP contribution is -2.28. The molecule has 8 nitrogen and oxygen atoms in total. The number of hydrogen-bond acceptors (Lipinski definition) is 5. The van der Waals surface area contributed by atoms with E-state index in [0.717, 1.165) is 28.1 Å². The second-order valence-corrected chi connectivity index (χ2v) is 6.59. The lowest BCUT2D eigenvalue weighted by molar-refractivity contribution is -0.117. The van der Waals surface area contributed by atoms with Gasteiger partial charge in [-0.2, -0.15) is 4.98 Å². The molecule has 0 spiro atoms. The van der Waals surface area contributed by atoms with Gasteiger partial charge in [0.05, 0.1) is 5.69 Å². The quantitative estimate of drug-likeness (QED) is 0.528. The molecular formula is C20H16F2N6O2. The van der Waals surface area contributed by atoms with Crippen molar-refractivity contribution >= 4 is 28.9 Å². The number of nitrogens with one attached hydrogen (secondary N) is 2. The van der Waals surface area contributed by atoms with Crippen LogP contribution in [-0.4, -0.2) is 25.1 Å². The van der Waals surface area contributed by atoms with Crippen LogP contribution in [0.25, 0.3) is 5.78 Å². The molecule has 30 heavy (non-hydrogen) atoms. The van der Waals surface area contributed by atoms with Gasteiger partial charge < -0.3 is 10.6 Å². The molecule has 0 aliphatic carbocycles. The van der Waals surface area contributed by atoms with Crippen LogP contribution in [0.1, 0.15) is 5.56 Å². The average molecular weight is 410 g/mol. The van der Waals surface area contributed by atoms with Crippen LogP contribution in [-0.2, 0) is 11.3 Å². The standard InChI is InChI=1S/C20H16F2N6O2/c1-12-2-5-14(6-3-12)23-17-8-9-27-19(25-17)26-28(20(27)30)11-18(29)24-16-7-4-13(21)10-15(16)22/h2-10H,11H2,1H3,(H,24,29)(H,23,25,26). The van der Waals surface area contributed by atoms with Crippen molar-refractivity contribution in [2.75, 3.05) is 10.6 Å². The molecule has 152 valence electrons. The second kappa shape index (κ2) is 7.74. The molecule has 0 unspecified atom stereocenters. The van der Waals surface area contributed by atoms with Gasteiger partial charge in [0.2, 0.25) is 5.91 Å². The number of aryl methyl sites for hydroxylation is 1. The zero-order valence-corrected chi connectivity index (χ0v) is 15.8. The van der Waals surface area contributed by atoms with Gasteiger partial charge in [-0.05, 0) is 37.3 Å². The van der Waals surface area contributed by atoms with E-state index in [1.807, 2.05) is 31.2 Å². The average Bonchev–Trinajstić information content (AvgIpc) is 3.01. The zero-order chi connectivity index (χ0) is 21.3. The van der Waals surface area contributed by atoms with E-state index >= 15 is 0 Å². The number of amides is 1. The highest BCUT2D eigenvalue weighted by Crippen LogP contribution is 2.16. The third kappa shape index (κ3) is 4.02. The number of fused-ring (bicyclic) bond motifs is 1. The van der Waals surface area contributed by atoms with E-state index < -0.39 is 29.8 Å². The molecule has 0 atom stereocenters. The van der Waals surface area contributed by atoms with E-state index in [0.29, 0.717) is 11.9 Å². The van der Waals surface area contributed by atoms with Crippen LogP contribution in [0.3, 0.4) is 0 Å². The molecule has 2 heterocycles. The van der Waals surface area contributed by atoms with Crippen molar-refractivity contribution in [3.63, 3.8) is 0 Å². The Balaban J connectivity index is 1.53. The Morgan fingerprint density at radius 2 is 1.87 bits per heavy atom. The molecule has 0 radical (unpaired) electrons. The fourth-order valence-electron chi connectivity index (χ4n) is 2.78. The third-order valence-corrected chi connectivity index (χ3v) is 4.28. The molecular weight excluding hydrogens is 394 g/mol. The molecule has 4 aromatic rings. The van der Waals surface area contributed by atoms with Gasteiger partial charge in [0.1, 0.15) is 24.0 Å². The lowest BCUT2D eigenvalue weighted by atomic mass is 10.2. The predicted octanol–water partition coefficient (Wildman–Crippen LogP) is 2.86. The van der Waals surface area contributed by atoms with Crippen molar-refractivity contribution in [3.8, 4) is 0 Å². The first-order valence-corrected chi connectivity index (χ1v) is 8.94. The topological polar surface area (TPSA) is 93.3 Å². The lowest BCUT2D eigenvalue weighted by Gasteiger charge is -2.05. The number of nitrogens with zero attached hydrogens (tertiary/aromatic N) is 4. The summed E-state index contributed by atoms with van der Waals surface area (Å²) in [5.41, 5.74) is 1.17. The van der Waals surface area contributed by atoms with Crippen molar-refractivity contribution in [1.29, 1.82) is 0 Å². The smallest absolute Gasteiger partial charge is 0.340 e. The summed E-state index contributed by atoms with van der Waals surface area (Å²) >= 11 is 0. The van der Waals surface area contributed by atoms with Crippen molar-refractivity contribution in [2.45, 2.75) is 13.5 Å². The molecule has 0 aliphatic heterocycles. The monoisotopic (exact) mass is 410 g/mol. The number of carbonyl (C=O) groups is 1. The molecule has 2 aromatic carbocycles. The van der Waals surface area contributed by atoms with E-state index in [1.54, 1.807) is 6.07 Å². The van der Waals surface area contributed by atoms with Gasteiger partial charge in [-0.25, -0.2) is 22.7 Å². The second-order valence-electron chi connectivity index (χ2n) is 6.59. The SMILES string of the molecule is Cc1ccc(Nc2ccn3c(=O)n(CC(=O)Nc4ccc(F)cc4F)nc3n2)cc1. The van der Waals surface area contributed by atoms with E-state index in [9.17, 15) is 18.4 Å². The molecule has 0 fully saturated rings. The van der Waals surface area contributed by atoms with E-state index in [2.05, 4.69) is 20.7 Å². The Morgan fingerprint density at radius 1 is 1.10 bits per heavy atom. The molecule has 0 aliphatic rings. The summed E-state index contributed by atoms with van der Waals surface area (Å²) in [4.78, 5) is 28.9. The highest BCUT2D eigenvalue weighted by Gasteiger charge is 2.14. The number of halogens is 2. The molecule has 0 saturated heterocycles. The first-order chi connectivity index (χ1) is 14.4. The highest BCUT2D eigenvalue weighted by molar-refractivity contribution is 5.90. The minimum absolute atomic E-state index is 0.0953. The molecule has 2 aromatic heterocycles. The summed E-state index contributed by atoms with van der Waals surface area (Å²) in [6, 6.07) is 12.1. The first kappa shape index (κ1) is 19.2. The molecule has 4 rings (SSSR count). The van der Waals surface area contributed by atoms with Crippen LogP contribution in [0.15, 0.2) is 59.5 Å². The molecule has 10 heteroatoms. The Bertz CT molecular complexity index is 1300. The van der Waals surface area contributed by atoms with Gasteiger partial charge in [0.15, 0.2) is 0 Å². The van der Waals surface area contributed by atoms with Gasteiger partial charge in [-0.15, -0.1) is 5.10 Å². The van der Waals surface area contributed by atoms with E-state index in [-0.39, 0.29) is 11.5 Å². The summed E-state index contributed by atoms with van der Waals surface area (Å²) in [5, 5.41) is 9.44. The van der Waals surface area contributed by atoms with Crippen molar-refractivity contribution in [1.82, 2.24) is 19.2 Å². The summed E-state index contributed by atoms with van der Waals surface area (Å²) in [6.07, 6.45) is 1.49. The molecule has 0 bridgehead atoms. The fourth-order valence-corrected chi connectivity index (χ4v) is 2.78. The van der Waals surface area contributed by atoms with Gasteiger partial charge in [-0.3, -0.25) is 4.79 Å². The Kier molecular flexibility index (Phi) is 4.97. The summed E-state index contributed by atoms with van der Waals surface area (Å²) < 4.78 is 28.7. The van der Waals surface area contributed by atoms with Crippen molar-refractivity contribution < 1.29 is 13.6 Å². The number of benzene rings is 2. The van der Waals surface area contributed by atoms with Crippen LogP contribution < -0.4 is 16.3 Å². The van der Waals surface area contributed by atoms with Gasteiger partial charge in [-0.1, -0.05) is 17.7 Å². The van der Waals surface area contributed by atoms with Crippen molar-refractivity contribution in [2.24, 2.45) is 0 Å².